The fourth-order valence-electron chi connectivity index (χ4n) is 5.83. The molecular formula is C39H50F6N4O6. The maximum Gasteiger partial charge on any atom is 0.391 e. The number of carboxylic acid groups (broad SMARTS) is 2. The summed E-state index contributed by atoms with van der Waals surface area (Å²) in [6.07, 6.45) is 5.61. The highest BCUT2D eigenvalue weighted by Gasteiger charge is 2.42. The van der Waals surface area contributed by atoms with Crippen LogP contribution in [0.1, 0.15) is 75.8 Å². The minimum atomic E-state index is -4.11. The van der Waals surface area contributed by atoms with E-state index in [1.807, 2.05) is 18.2 Å². The number of carbonyl (C=O) groups is 2. The molecule has 0 saturated heterocycles. The maximum absolute atomic E-state index is 12.7. The van der Waals surface area contributed by atoms with Crippen molar-refractivity contribution in [3.05, 3.63) is 72.1 Å². The van der Waals surface area contributed by atoms with E-state index in [0.29, 0.717) is 60.8 Å². The van der Waals surface area contributed by atoms with Gasteiger partial charge in [-0.1, -0.05) is 44.4 Å². The maximum atomic E-state index is 12.7. The summed E-state index contributed by atoms with van der Waals surface area (Å²) in [5.41, 5.74) is 8.50. The lowest BCUT2D eigenvalue weighted by atomic mass is 9.81. The number of aliphatic carboxylic acids is 2. The van der Waals surface area contributed by atoms with Crippen LogP contribution < -0.4 is 20.5 Å². The molecule has 55 heavy (non-hydrogen) atoms. The fourth-order valence-corrected chi connectivity index (χ4v) is 5.83. The molecule has 2 aromatic heterocycles. The molecule has 0 aliphatic heterocycles. The Morgan fingerprint density at radius 3 is 1.56 bits per heavy atom. The largest absolute Gasteiger partial charge is 0.481 e. The average molecular weight is 785 g/mol. The zero-order valence-corrected chi connectivity index (χ0v) is 31.2. The average Bonchev–Trinajstić information content (AvgIpc) is 3.15. The SMILES string of the molecule is C=C(CC)C(=O)O.C=C(CNc1cnc(OC)c(/C=C/C2CCC(C(F)(F)F)CC2)c1)C(=O)O.COc1ncc(N)cc1/C=C/C1CCC(C(F)(F)F)CC1. The molecule has 2 fully saturated rings. The number of aromatic nitrogens is 2. The molecule has 10 nitrogen and oxygen atoms in total. The summed E-state index contributed by atoms with van der Waals surface area (Å²) in [6, 6.07) is 3.49. The van der Waals surface area contributed by atoms with Gasteiger partial charge in [0.25, 0.3) is 0 Å². The molecule has 0 unspecified atom stereocenters. The normalized spacial score (nSPS) is 20.0. The number of pyridine rings is 2. The Hall–Kier alpha value is -5.02. The second kappa shape index (κ2) is 21.8. The monoisotopic (exact) mass is 784 g/mol. The number of methoxy groups -OCH3 is 2. The first kappa shape index (κ1) is 46.1. The van der Waals surface area contributed by atoms with Gasteiger partial charge in [0.2, 0.25) is 11.8 Å². The second-order valence-electron chi connectivity index (χ2n) is 13.2. The Kier molecular flexibility index (Phi) is 18.3. The van der Waals surface area contributed by atoms with E-state index in [1.54, 1.807) is 25.1 Å². The molecule has 0 aromatic carbocycles. The van der Waals surface area contributed by atoms with Crippen LogP contribution in [-0.4, -0.2) is 65.2 Å². The van der Waals surface area contributed by atoms with Crippen molar-refractivity contribution in [1.29, 1.82) is 0 Å². The molecule has 5 N–H and O–H groups in total. The van der Waals surface area contributed by atoms with Crippen LogP contribution in [0.5, 0.6) is 11.8 Å². The summed E-state index contributed by atoms with van der Waals surface area (Å²) >= 11 is 0. The van der Waals surface area contributed by atoms with Gasteiger partial charge < -0.3 is 30.7 Å². The molecule has 16 heteroatoms. The van der Waals surface area contributed by atoms with Gasteiger partial charge in [0.15, 0.2) is 0 Å². The van der Waals surface area contributed by atoms with Crippen LogP contribution in [0.25, 0.3) is 12.2 Å². The third kappa shape index (κ3) is 16.1. The number of ether oxygens (including phenoxy) is 2. The van der Waals surface area contributed by atoms with Crippen molar-refractivity contribution in [2.75, 3.05) is 31.8 Å². The zero-order valence-electron chi connectivity index (χ0n) is 31.2. The number of rotatable bonds is 12. The molecule has 2 saturated carbocycles. The van der Waals surface area contributed by atoms with Crippen molar-refractivity contribution in [1.82, 2.24) is 9.97 Å². The Morgan fingerprint density at radius 2 is 1.20 bits per heavy atom. The number of anilines is 2. The predicted molar refractivity (Wildman–Crippen MR) is 199 cm³/mol. The van der Waals surface area contributed by atoms with Crippen LogP contribution in [0.2, 0.25) is 0 Å². The Morgan fingerprint density at radius 1 is 0.782 bits per heavy atom. The minimum Gasteiger partial charge on any atom is -0.481 e. The first-order valence-electron chi connectivity index (χ1n) is 17.7. The third-order valence-electron chi connectivity index (χ3n) is 9.27. The van der Waals surface area contributed by atoms with Crippen LogP contribution in [0.15, 0.2) is 61.0 Å². The Labute approximate surface area is 317 Å². The molecule has 2 aliphatic carbocycles. The Balaban J connectivity index is 0.000000331. The van der Waals surface area contributed by atoms with E-state index in [2.05, 4.69) is 28.4 Å². The number of carboxylic acids is 2. The quantitative estimate of drug-likeness (QED) is 0.121. The Bertz CT molecular complexity index is 1640. The third-order valence-corrected chi connectivity index (χ3v) is 9.27. The summed E-state index contributed by atoms with van der Waals surface area (Å²) in [5, 5.41) is 19.8. The number of alkyl halides is 6. The van der Waals surface area contributed by atoms with Crippen molar-refractivity contribution in [2.45, 2.75) is 77.1 Å². The number of allylic oxidation sites excluding steroid dienone is 2. The van der Waals surface area contributed by atoms with Gasteiger partial charge in [0.1, 0.15) is 0 Å². The summed E-state index contributed by atoms with van der Waals surface area (Å²) in [7, 11) is 3.00. The highest BCUT2D eigenvalue weighted by Crippen LogP contribution is 2.41. The van der Waals surface area contributed by atoms with Gasteiger partial charge in [-0.3, -0.25) is 0 Å². The smallest absolute Gasteiger partial charge is 0.391 e. The van der Waals surface area contributed by atoms with Crippen molar-refractivity contribution in [3.8, 4) is 11.8 Å². The molecule has 4 rings (SSSR count). The first-order chi connectivity index (χ1) is 25.8. The molecule has 0 amide bonds. The summed E-state index contributed by atoms with van der Waals surface area (Å²) in [6.45, 7) is 8.54. The van der Waals surface area contributed by atoms with Crippen LogP contribution in [0.4, 0.5) is 37.7 Å². The predicted octanol–water partition coefficient (Wildman–Crippen LogP) is 9.62. The second-order valence-corrected chi connectivity index (χ2v) is 13.2. The number of hydrogen-bond donors (Lipinski definition) is 4. The number of nitrogens with zero attached hydrogens (tertiary/aromatic N) is 2. The molecular weight excluding hydrogens is 734 g/mol. The summed E-state index contributed by atoms with van der Waals surface area (Å²) in [5.74, 6) is -3.24. The number of nitrogens with two attached hydrogens (primary N) is 1. The number of nitrogen functional groups attached to an aromatic ring is 1. The van der Waals surface area contributed by atoms with Gasteiger partial charge in [0, 0.05) is 28.8 Å². The highest BCUT2D eigenvalue weighted by molar-refractivity contribution is 5.87. The topological polar surface area (TPSA) is 157 Å². The number of nitrogens with one attached hydrogen (secondary N) is 1. The lowest BCUT2D eigenvalue weighted by Gasteiger charge is -2.28. The zero-order chi connectivity index (χ0) is 41.3. The molecule has 0 radical (unpaired) electrons. The van der Waals surface area contributed by atoms with Crippen molar-refractivity contribution in [3.63, 3.8) is 0 Å². The van der Waals surface area contributed by atoms with E-state index in [4.69, 9.17) is 25.4 Å². The molecule has 0 spiro atoms. The molecule has 0 bridgehead atoms. The van der Waals surface area contributed by atoms with Gasteiger partial charge in [-0.15, -0.1) is 0 Å². The molecule has 2 aromatic rings. The van der Waals surface area contributed by atoms with Gasteiger partial charge >= 0.3 is 24.3 Å². The van der Waals surface area contributed by atoms with E-state index in [1.165, 1.54) is 26.6 Å². The van der Waals surface area contributed by atoms with Gasteiger partial charge in [-0.05, 0) is 81.8 Å². The molecule has 304 valence electrons. The first-order valence-corrected chi connectivity index (χ1v) is 17.7. The van der Waals surface area contributed by atoms with Gasteiger partial charge in [0.05, 0.1) is 49.8 Å². The van der Waals surface area contributed by atoms with Crippen LogP contribution in [0.3, 0.4) is 0 Å². The van der Waals surface area contributed by atoms with Gasteiger partial charge in [-0.25, -0.2) is 19.6 Å². The van der Waals surface area contributed by atoms with Crippen molar-refractivity contribution in [2.24, 2.45) is 23.7 Å². The van der Waals surface area contributed by atoms with Crippen LogP contribution >= 0.6 is 0 Å². The van der Waals surface area contributed by atoms with Gasteiger partial charge in [-0.2, -0.15) is 26.3 Å². The van der Waals surface area contributed by atoms with E-state index >= 15 is 0 Å². The summed E-state index contributed by atoms with van der Waals surface area (Å²) < 4.78 is 86.4. The molecule has 0 atom stereocenters. The van der Waals surface area contributed by atoms with Crippen LogP contribution in [0, 0.1) is 23.7 Å². The summed E-state index contributed by atoms with van der Waals surface area (Å²) in [4.78, 5) is 28.8. The standard InChI is InChI=1S/C19H23F3N2O3.C15H19F3N2O.C5H8O2/c1-12(18(25)26)10-23-16-9-14(17(27-2)24-11-16)6-3-13-4-7-15(8-5-13)19(20,21)22;1-21-14-11(8-13(19)9-20-14)5-2-10-3-6-12(7-4-10)15(16,17)18;1-3-4(2)5(6)7/h3,6,9,11,13,15,23H,1,4-5,7-8,10H2,2H3,(H,25,26);2,5,8-10,12H,3-4,6-7,19H2,1H3;2-3H2,1H3,(H,6,7)/b6-3+;5-2+;. The number of halogens is 6. The molecule has 2 aliphatic rings. The van der Waals surface area contributed by atoms with E-state index in [-0.39, 0.29) is 55.2 Å². The number of hydrogen-bond acceptors (Lipinski definition) is 8. The molecule has 2 heterocycles. The minimum absolute atomic E-state index is 0.0179. The fraction of sp³-hybridized carbons (Fsp3) is 0.487. The van der Waals surface area contributed by atoms with E-state index in [9.17, 15) is 35.9 Å². The van der Waals surface area contributed by atoms with E-state index < -0.39 is 36.1 Å². The van der Waals surface area contributed by atoms with Crippen molar-refractivity contribution < 1.29 is 55.6 Å². The lowest BCUT2D eigenvalue weighted by Crippen LogP contribution is -2.27. The lowest BCUT2D eigenvalue weighted by molar-refractivity contribution is -0.183. The van der Waals surface area contributed by atoms with E-state index in [0.717, 1.165) is 5.56 Å². The van der Waals surface area contributed by atoms with Crippen molar-refractivity contribution >= 4 is 35.5 Å². The highest BCUT2D eigenvalue weighted by atomic mass is 19.4. The van der Waals surface area contributed by atoms with Crippen LogP contribution in [-0.2, 0) is 9.59 Å².